The van der Waals surface area contributed by atoms with Crippen molar-refractivity contribution in [3.63, 3.8) is 0 Å². The van der Waals surface area contributed by atoms with Crippen molar-refractivity contribution in [3.8, 4) is 17.1 Å². The van der Waals surface area contributed by atoms with Gasteiger partial charge < -0.3 is 0 Å². The highest BCUT2D eigenvalue weighted by atomic mass is 79.9. The maximum atomic E-state index is 4.62. The van der Waals surface area contributed by atoms with Crippen LogP contribution in [0.25, 0.3) is 17.1 Å². The van der Waals surface area contributed by atoms with Crippen molar-refractivity contribution >= 4 is 28.5 Å². The van der Waals surface area contributed by atoms with E-state index in [0.29, 0.717) is 0 Å². The van der Waals surface area contributed by atoms with Crippen LogP contribution < -0.4 is 4.80 Å². The lowest BCUT2D eigenvalue weighted by Gasteiger charge is -2.06. The SMILES string of the molecule is Br.CN=c1nc(-c2ccccc2)n(-c2cccc(C)c2)s1. The van der Waals surface area contributed by atoms with Crippen LogP contribution in [-0.4, -0.2) is 16.0 Å². The van der Waals surface area contributed by atoms with Gasteiger partial charge in [-0.2, -0.15) is 4.98 Å². The molecule has 0 aliphatic heterocycles. The van der Waals surface area contributed by atoms with Crippen LogP contribution >= 0.6 is 28.5 Å². The number of hydrogen-bond donors (Lipinski definition) is 0. The van der Waals surface area contributed by atoms with Gasteiger partial charge in [-0.15, -0.1) is 17.0 Å². The van der Waals surface area contributed by atoms with Crippen LogP contribution in [0, 0.1) is 6.92 Å². The van der Waals surface area contributed by atoms with E-state index in [-0.39, 0.29) is 17.0 Å². The van der Waals surface area contributed by atoms with Crippen LogP contribution in [-0.2, 0) is 0 Å². The molecule has 0 aliphatic rings. The Morgan fingerprint density at radius 3 is 2.48 bits per heavy atom. The van der Waals surface area contributed by atoms with Crippen LogP contribution in [0.3, 0.4) is 0 Å². The predicted molar refractivity (Wildman–Crippen MR) is 93.4 cm³/mol. The van der Waals surface area contributed by atoms with Gasteiger partial charge in [0.05, 0.1) is 5.69 Å². The van der Waals surface area contributed by atoms with E-state index < -0.39 is 0 Å². The van der Waals surface area contributed by atoms with Gasteiger partial charge in [0.2, 0.25) is 4.80 Å². The van der Waals surface area contributed by atoms with E-state index in [9.17, 15) is 0 Å². The molecule has 2 aromatic carbocycles. The van der Waals surface area contributed by atoms with Gasteiger partial charge in [0.15, 0.2) is 5.82 Å². The van der Waals surface area contributed by atoms with Gasteiger partial charge >= 0.3 is 0 Å². The van der Waals surface area contributed by atoms with Gasteiger partial charge in [0.1, 0.15) is 0 Å². The molecule has 0 atom stereocenters. The summed E-state index contributed by atoms with van der Waals surface area (Å²) in [5.74, 6) is 0.932. The zero-order valence-electron chi connectivity index (χ0n) is 11.9. The fraction of sp³-hybridized carbons (Fsp3) is 0.125. The maximum absolute atomic E-state index is 4.62. The van der Waals surface area contributed by atoms with Crippen LogP contribution in [0.4, 0.5) is 0 Å². The summed E-state index contributed by atoms with van der Waals surface area (Å²) < 4.78 is 2.13. The van der Waals surface area contributed by atoms with Crippen molar-refractivity contribution in [3.05, 3.63) is 65.0 Å². The second kappa shape index (κ2) is 6.83. The number of aryl methyl sites for hydroxylation is 1. The van der Waals surface area contributed by atoms with E-state index in [1.807, 2.05) is 18.2 Å². The van der Waals surface area contributed by atoms with E-state index in [1.165, 1.54) is 5.56 Å². The fourth-order valence-electron chi connectivity index (χ4n) is 2.07. The van der Waals surface area contributed by atoms with Crippen molar-refractivity contribution in [2.24, 2.45) is 4.99 Å². The van der Waals surface area contributed by atoms with E-state index in [2.05, 4.69) is 57.3 Å². The lowest BCUT2D eigenvalue weighted by atomic mass is 10.2. The minimum absolute atomic E-state index is 0. The number of rotatable bonds is 2. The zero-order chi connectivity index (χ0) is 13.9. The lowest BCUT2D eigenvalue weighted by Crippen LogP contribution is -1.96. The molecule has 0 aliphatic carbocycles. The Labute approximate surface area is 138 Å². The van der Waals surface area contributed by atoms with Crippen molar-refractivity contribution in [1.29, 1.82) is 0 Å². The van der Waals surface area contributed by atoms with E-state index in [0.717, 1.165) is 21.9 Å². The van der Waals surface area contributed by atoms with Gasteiger partial charge in [-0.1, -0.05) is 42.5 Å². The Balaban J connectivity index is 0.00000161. The molecule has 0 amide bonds. The lowest BCUT2D eigenvalue weighted by molar-refractivity contribution is 1.11. The Morgan fingerprint density at radius 2 is 1.81 bits per heavy atom. The van der Waals surface area contributed by atoms with Crippen LogP contribution in [0.1, 0.15) is 5.56 Å². The molecular formula is C16H16BrN3S. The quantitative estimate of drug-likeness (QED) is 0.677. The predicted octanol–water partition coefficient (Wildman–Crippen LogP) is 4.02. The second-order valence-electron chi connectivity index (χ2n) is 4.53. The van der Waals surface area contributed by atoms with Gasteiger partial charge in [-0.25, -0.2) is 3.96 Å². The summed E-state index contributed by atoms with van der Waals surface area (Å²) in [6.07, 6.45) is 0. The first-order chi connectivity index (χ1) is 9.78. The van der Waals surface area contributed by atoms with Gasteiger partial charge in [-0.05, 0) is 36.2 Å². The van der Waals surface area contributed by atoms with E-state index in [4.69, 9.17) is 0 Å². The Morgan fingerprint density at radius 1 is 1.05 bits per heavy atom. The topological polar surface area (TPSA) is 30.2 Å². The summed E-state index contributed by atoms with van der Waals surface area (Å²) in [5.41, 5.74) is 3.45. The molecule has 0 fully saturated rings. The molecule has 3 aromatic rings. The van der Waals surface area contributed by atoms with Crippen molar-refractivity contribution < 1.29 is 0 Å². The molecule has 1 heterocycles. The molecule has 0 saturated carbocycles. The summed E-state index contributed by atoms with van der Waals surface area (Å²) in [5, 5.41) is 0. The summed E-state index contributed by atoms with van der Waals surface area (Å²) in [7, 11) is 1.77. The molecule has 0 bridgehead atoms. The standard InChI is InChI=1S/C16H15N3S.BrH/c1-12-7-6-10-14(11-12)19-15(18-16(17-2)20-19)13-8-4-3-5-9-13;/h3-11H,1-2H3;1H. The normalized spacial score (nSPS) is 11.2. The third kappa shape index (κ3) is 3.31. The number of halogens is 1. The van der Waals surface area contributed by atoms with E-state index in [1.54, 1.807) is 18.6 Å². The molecule has 0 spiro atoms. The van der Waals surface area contributed by atoms with Crippen molar-refractivity contribution in [2.75, 3.05) is 7.05 Å². The average Bonchev–Trinajstić information content (AvgIpc) is 2.92. The molecule has 5 heteroatoms. The van der Waals surface area contributed by atoms with Gasteiger partial charge in [0, 0.05) is 12.6 Å². The van der Waals surface area contributed by atoms with Crippen LogP contribution in [0.2, 0.25) is 0 Å². The molecule has 1 aromatic heterocycles. The average molecular weight is 362 g/mol. The van der Waals surface area contributed by atoms with Crippen molar-refractivity contribution in [2.45, 2.75) is 6.92 Å². The third-order valence-electron chi connectivity index (χ3n) is 3.03. The highest BCUT2D eigenvalue weighted by Crippen LogP contribution is 2.22. The molecule has 0 saturated heterocycles. The summed E-state index contributed by atoms with van der Waals surface area (Å²) in [4.78, 5) is 9.61. The monoisotopic (exact) mass is 361 g/mol. The van der Waals surface area contributed by atoms with Gasteiger partial charge in [0.25, 0.3) is 0 Å². The minimum atomic E-state index is 0. The first kappa shape index (κ1) is 15.7. The molecule has 3 rings (SSSR count). The highest BCUT2D eigenvalue weighted by Gasteiger charge is 2.10. The summed E-state index contributed by atoms with van der Waals surface area (Å²) in [6.45, 7) is 2.10. The Hall–Kier alpha value is -1.72. The number of aromatic nitrogens is 2. The maximum Gasteiger partial charge on any atom is 0.222 e. The zero-order valence-corrected chi connectivity index (χ0v) is 14.4. The number of hydrogen-bond acceptors (Lipinski definition) is 3. The molecule has 3 nitrogen and oxygen atoms in total. The molecule has 0 unspecified atom stereocenters. The first-order valence-electron chi connectivity index (χ1n) is 6.43. The van der Waals surface area contributed by atoms with Crippen LogP contribution in [0.15, 0.2) is 59.6 Å². The molecule has 0 N–H and O–H groups in total. The molecule has 108 valence electrons. The van der Waals surface area contributed by atoms with Crippen LogP contribution in [0.5, 0.6) is 0 Å². The van der Waals surface area contributed by atoms with Crippen molar-refractivity contribution in [1.82, 2.24) is 8.94 Å². The van der Waals surface area contributed by atoms with E-state index >= 15 is 0 Å². The number of benzene rings is 2. The Bertz CT molecular complexity index is 791. The molecule has 21 heavy (non-hydrogen) atoms. The minimum Gasteiger partial charge on any atom is -0.260 e. The molecular weight excluding hydrogens is 346 g/mol. The van der Waals surface area contributed by atoms with Gasteiger partial charge in [-0.3, -0.25) is 4.99 Å². The highest BCUT2D eigenvalue weighted by molar-refractivity contribution is 8.93. The molecule has 0 radical (unpaired) electrons. The largest absolute Gasteiger partial charge is 0.260 e. The number of nitrogens with zero attached hydrogens (tertiary/aromatic N) is 3. The smallest absolute Gasteiger partial charge is 0.222 e. The summed E-state index contributed by atoms with van der Waals surface area (Å²) >= 11 is 1.56. The first-order valence-corrected chi connectivity index (χ1v) is 7.21. The summed E-state index contributed by atoms with van der Waals surface area (Å²) in [6, 6.07) is 18.6. The second-order valence-corrected chi connectivity index (χ2v) is 5.45. The fourth-order valence-corrected chi connectivity index (χ4v) is 2.89. The Kier molecular flexibility index (Phi) is 5.09. The third-order valence-corrected chi connectivity index (χ3v) is 4.03.